The van der Waals surface area contributed by atoms with Gasteiger partial charge < -0.3 is 14.1 Å². The van der Waals surface area contributed by atoms with Gasteiger partial charge in [0.15, 0.2) is 0 Å². The van der Waals surface area contributed by atoms with Crippen molar-refractivity contribution < 1.29 is 18.7 Å². The molecule has 0 unspecified atom stereocenters. The maximum Gasteiger partial charge on any atom is 0.320 e. The van der Waals surface area contributed by atoms with Gasteiger partial charge in [-0.05, 0) is 49.9 Å². The smallest absolute Gasteiger partial charge is 0.320 e. The van der Waals surface area contributed by atoms with Crippen LogP contribution in [0.15, 0.2) is 77.2 Å². The van der Waals surface area contributed by atoms with E-state index in [2.05, 4.69) is 19.1 Å². The Kier molecular flexibility index (Phi) is 10.1. The molecule has 6 nitrogen and oxygen atoms in total. The fourth-order valence-corrected chi connectivity index (χ4v) is 3.81. The molecule has 1 atom stereocenters. The Morgan fingerprint density at radius 1 is 0.914 bits per heavy atom. The molecule has 3 rings (SSSR count). The summed E-state index contributed by atoms with van der Waals surface area (Å²) in [4.78, 5) is 29.8. The number of hydrogen-bond donors (Lipinski definition) is 0. The molecule has 0 aliphatic heterocycles. The summed E-state index contributed by atoms with van der Waals surface area (Å²) in [5, 5.41) is 0. The topological polar surface area (TPSA) is 63.0 Å². The first-order chi connectivity index (χ1) is 16.9. The van der Waals surface area contributed by atoms with Gasteiger partial charge in [-0.15, -0.1) is 0 Å². The number of esters is 1. The third-order valence-electron chi connectivity index (χ3n) is 6.14. The third kappa shape index (κ3) is 8.72. The molecule has 1 aromatic heterocycles. The lowest BCUT2D eigenvalue weighted by molar-refractivity contribution is -0.147. The number of ether oxygens (including phenoxy) is 1. The van der Waals surface area contributed by atoms with Crippen LogP contribution < -0.4 is 0 Å². The van der Waals surface area contributed by atoms with Crippen molar-refractivity contribution in [3.05, 3.63) is 95.4 Å². The minimum absolute atomic E-state index is 0.0360. The number of furan rings is 1. The molecule has 6 heteroatoms. The second-order valence-corrected chi connectivity index (χ2v) is 8.87. The van der Waals surface area contributed by atoms with Crippen LogP contribution in [0.1, 0.15) is 42.9 Å². The van der Waals surface area contributed by atoms with E-state index in [-0.39, 0.29) is 37.6 Å². The maximum atomic E-state index is 13.5. The zero-order valence-electron chi connectivity index (χ0n) is 21.0. The van der Waals surface area contributed by atoms with Crippen LogP contribution in [-0.2, 0) is 33.9 Å². The van der Waals surface area contributed by atoms with Gasteiger partial charge in [0.05, 0.1) is 19.6 Å². The number of rotatable bonds is 13. The van der Waals surface area contributed by atoms with Crippen molar-refractivity contribution in [3.63, 3.8) is 0 Å². The highest BCUT2D eigenvalue weighted by Crippen LogP contribution is 2.13. The first-order valence-electron chi connectivity index (χ1n) is 12.2. The van der Waals surface area contributed by atoms with Gasteiger partial charge in [-0.1, -0.05) is 67.6 Å². The number of carbonyl (C=O) groups excluding carboxylic acids is 2. The Morgan fingerprint density at radius 3 is 2.17 bits per heavy atom. The Bertz CT molecular complexity index is 1050. The van der Waals surface area contributed by atoms with Gasteiger partial charge in [0.1, 0.15) is 18.1 Å². The molecule has 3 aromatic rings. The molecule has 0 spiro atoms. The minimum Gasteiger partial charge on any atom is -0.464 e. The van der Waals surface area contributed by atoms with Gasteiger partial charge in [-0.3, -0.25) is 14.5 Å². The van der Waals surface area contributed by atoms with Crippen LogP contribution in [0.3, 0.4) is 0 Å². The molecule has 1 heterocycles. The van der Waals surface area contributed by atoms with Gasteiger partial charge in [0.25, 0.3) is 0 Å². The van der Waals surface area contributed by atoms with Gasteiger partial charge in [0, 0.05) is 12.6 Å². The number of hydrogen-bond acceptors (Lipinski definition) is 5. The quantitative estimate of drug-likeness (QED) is 0.325. The Morgan fingerprint density at radius 2 is 1.57 bits per heavy atom. The van der Waals surface area contributed by atoms with Crippen molar-refractivity contribution in [3.8, 4) is 0 Å². The van der Waals surface area contributed by atoms with Gasteiger partial charge >= 0.3 is 5.97 Å². The molecule has 0 saturated carbocycles. The van der Waals surface area contributed by atoms with Crippen LogP contribution in [0, 0.1) is 6.92 Å². The standard InChI is InChI=1S/C29H36N2O4/c1-4-23(2)31(21-29(33)34-22-26-13-9-6-10-14-26)20-28(32)30(19-27-16-15-24(3)35-27)18-17-25-11-7-5-8-12-25/h5-16,23H,4,17-22H2,1-3H3/t23-/m0/s1. The fourth-order valence-electron chi connectivity index (χ4n) is 3.81. The molecule has 0 aliphatic carbocycles. The van der Waals surface area contributed by atoms with Crippen LogP contribution in [0.4, 0.5) is 0 Å². The van der Waals surface area contributed by atoms with Crippen molar-refractivity contribution in [1.82, 2.24) is 9.80 Å². The predicted molar refractivity (Wildman–Crippen MR) is 137 cm³/mol. The SMILES string of the molecule is CC[C@H](C)N(CC(=O)OCc1ccccc1)CC(=O)N(CCc1ccccc1)Cc1ccc(C)o1. The monoisotopic (exact) mass is 476 g/mol. The molecule has 0 bridgehead atoms. The summed E-state index contributed by atoms with van der Waals surface area (Å²) in [6, 6.07) is 23.6. The molecule has 0 fully saturated rings. The summed E-state index contributed by atoms with van der Waals surface area (Å²) in [7, 11) is 0. The zero-order valence-corrected chi connectivity index (χ0v) is 21.0. The van der Waals surface area contributed by atoms with E-state index in [0.29, 0.717) is 13.1 Å². The summed E-state index contributed by atoms with van der Waals surface area (Å²) in [6.45, 7) is 7.37. The first kappa shape index (κ1) is 26.2. The lowest BCUT2D eigenvalue weighted by Gasteiger charge is -2.30. The summed E-state index contributed by atoms with van der Waals surface area (Å²) in [6.07, 6.45) is 1.56. The number of aryl methyl sites for hydroxylation is 1. The average Bonchev–Trinajstić information content (AvgIpc) is 3.30. The van der Waals surface area contributed by atoms with Gasteiger partial charge in [0.2, 0.25) is 5.91 Å². The average molecular weight is 477 g/mol. The lowest BCUT2D eigenvalue weighted by atomic mass is 10.1. The van der Waals surface area contributed by atoms with E-state index >= 15 is 0 Å². The number of benzene rings is 2. The molecule has 1 amide bonds. The maximum absolute atomic E-state index is 13.5. The molecule has 0 aliphatic rings. The van der Waals surface area contributed by atoms with E-state index in [1.807, 2.05) is 84.3 Å². The summed E-state index contributed by atoms with van der Waals surface area (Å²) >= 11 is 0. The highest BCUT2D eigenvalue weighted by molar-refractivity contribution is 5.79. The summed E-state index contributed by atoms with van der Waals surface area (Å²) in [5.74, 6) is 1.20. The van der Waals surface area contributed by atoms with Crippen LogP contribution >= 0.6 is 0 Å². The molecule has 0 N–H and O–H groups in total. The Hall–Kier alpha value is -3.38. The van der Waals surface area contributed by atoms with E-state index in [4.69, 9.17) is 9.15 Å². The molecule has 0 radical (unpaired) electrons. The van der Waals surface area contributed by atoms with E-state index in [9.17, 15) is 9.59 Å². The zero-order chi connectivity index (χ0) is 25.0. The van der Waals surface area contributed by atoms with E-state index in [1.54, 1.807) is 0 Å². The van der Waals surface area contributed by atoms with E-state index < -0.39 is 0 Å². The van der Waals surface area contributed by atoms with Crippen molar-refractivity contribution in [2.45, 2.75) is 52.8 Å². The highest BCUT2D eigenvalue weighted by atomic mass is 16.5. The predicted octanol–water partition coefficient (Wildman–Crippen LogP) is 5.00. The van der Waals surface area contributed by atoms with Gasteiger partial charge in [-0.2, -0.15) is 0 Å². The van der Waals surface area contributed by atoms with Crippen LogP contribution in [-0.4, -0.2) is 47.4 Å². The molecule has 2 aromatic carbocycles. The molecular weight excluding hydrogens is 440 g/mol. The number of nitrogens with zero attached hydrogens (tertiary/aromatic N) is 2. The van der Waals surface area contributed by atoms with Crippen molar-refractivity contribution in [2.24, 2.45) is 0 Å². The number of carbonyl (C=O) groups is 2. The molecule has 186 valence electrons. The summed E-state index contributed by atoms with van der Waals surface area (Å²) in [5.41, 5.74) is 2.11. The van der Waals surface area contributed by atoms with Crippen molar-refractivity contribution in [1.29, 1.82) is 0 Å². The van der Waals surface area contributed by atoms with Crippen LogP contribution in [0.25, 0.3) is 0 Å². The summed E-state index contributed by atoms with van der Waals surface area (Å²) < 4.78 is 11.2. The van der Waals surface area contributed by atoms with Crippen molar-refractivity contribution in [2.75, 3.05) is 19.6 Å². The third-order valence-corrected chi connectivity index (χ3v) is 6.14. The molecule has 0 saturated heterocycles. The fraction of sp³-hybridized carbons (Fsp3) is 0.379. The largest absolute Gasteiger partial charge is 0.464 e. The minimum atomic E-state index is -0.334. The second-order valence-electron chi connectivity index (χ2n) is 8.87. The second kappa shape index (κ2) is 13.5. The Labute approximate surface area is 208 Å². The molecule has 35 heavy (non-hydrogen) atoms. The molecular formula is C29H36N2O4. The van der Waals surface area contributed by atoms with Crippen LogP contribution in [0.2, 0.25) is 0 Å². The normalized spacial score (nSPS) is 11.9. The number of amides is 1. The van der Waals surface area contributed by atoms with Crippen LogP contribution in [0.5, 0.6) is 0 Å². The van der Waals surface area contributed by atoms with E-state index in [1.165, 1.54) is 5.56 Å². The highest BCUT2D eigenvalue weighted by Gasteiger charge is 2.24. The van der Waals surface area contributed by atoms with Crippen molar-refractivity contribution >= 4 is 11.9 Å². The Balaban J connectivity index is 1.64. The lowest BCUT2D eigenvalue weighted by Crippen LogP contribution is -2.46. The van der Waals surface area contributed by atoms with Gasteiger partial charge in [-0.25, -0.2) is 0 Å². The first-order valence-corrected chi connectivity index (χ1v) is 12.2. The van der Waals surface area contributed by atoms with E-state index in [0.717, 1.165) is 29.9 Å².